The number of hydrogen-bond acceptors (Lipinski definition) is 0. The van der Waals surface area contributed by atoms with Gasteiger partial charge in [-0.25, -0.2) is 0 Å². The van der Waals surface area contributed by atoms with Gasteiger partial charge in [0.05, 0.1) is 3.23 Å². The molecule has 0 nitrogen and oxygen atoms in total. The molecule has 0 N–H and O–H groups in total. The first-order valence-electron chi connectivity index (χ1n) is 3.61. The summed E-state index contributed by atoms with van der Waals surface area (Å²) in [4.78, 5) is 0. The first-order valence-corrected chi connectivity index (χ1v) is 5.19. The Morgan fingerprint density at radius 1 is 1.50 bits per heavy atom. The third kappa shape index (κ3) is 5.48. The highest BCUT2D eigenvalue weighted by Gasteiger charge is 2.18. The molecule has 0 atom stereocenters. The van der Waals surface area contributed by atoms with Gasteiger partial charge in [-0.2, -0.15) is 0 Å². The Kier molecular flexibility index (Phi) is 5.74. The molecule has 60 valence electrons. The van der Waals surface area contributed by atoms with Crippen molar-refractivity contribution in [3.8, 4) is 0 Å². The molecule has 0 amide bonds. The predicted molar refractivity (Wildman–Crippen MR) is 54.9 cm³/mol. The molecule has 0 saturated heterocycles. The minimum absolute atomic E-state index is 0.109. The number of halogens is 2. The van der Waals surface area contributed by atoms with E-state index in [2.05, 4.69) is 45.4 Å². The molecule has 0 aromatic carbocycles. The zero-order valence-electron chi connectivity index (χ0n) is 6.37. The van der Waals surface area contributed by atoms with Gasteiger partial charge >= 0.3 is 0 Å². The predicted octanol–water partition coefficient (Wildman–Crippen LogP) is 4.24. The van der Waals surface area contributed by atoms with Crippen LogP contribution in [0.15, 0.2) is 12.7 Å². The molecule has 0 aromatic rings. The highest BCUT2D eigenvalue weighted by atomic mass is 79.9. The van der Waals surface area contributed by atoms with E-state index >= 15 is 0 Å². The maximum absolute atomic E-state index is 3.69. The van der Waals surface area contributed by atoms with Gasteiger partial charge in [0.1, 0.15) is 0 Å². The lowest BCUT2D eigenvalue weighted by atomic mass is 10.1. The standard InChI is InChI=1S/C8H14Br2/c1-3-5-7-8(9,10)6-4-2/h4H,2-3,5-7H2,1H3. The van der Waals surface area contributed by atoms with Crippen molar-refractivity contribution >= 4 is 31.9 Å². The average Bonchev–Trinajstić information content (AvgIpc) is 1.84. The lowest BCUT2D eigenvalue weighted by molar-refractivity contribution is 0.672. The first kappa shape index (κ1) is 10.7. The van der Waals surface area contributed by atoms with Gasteiger partial charge in [0.25, 0.3) is 0 Å². The third-order valence-electron chi connectivity index (χ3n) is 1.34. The van der Waals surface area contributed by atoms with Crippen LogP contribution in [0.1, 0.15) is 32.6 Å². The Bertz CT molecular complexity index is 97.4. The van der Waals surface area contributed by atoms with E-state index in [1.165, 1.54) is 12.8 Å². The van der Waals surface area contributed by atoms with Crippen molar-refractivity contribution in [3.63, 3.8) is 0 Å². The third-order valence-corrected chi connectivity index (χ3v) is 2.78. The van der Waals surface area contributed by atoms with Gasteiger partial charge in [-0.1, -0.05) is 57.7 Å². The molecule has 0 aliphatic rings. The van der Waals surface area contributed by atoms with Crippen LogP contribution < -0.4 is 0 Å². The summed E-state index contributed by atoms with van der Waals surface area (Å²) >= 11 is 7.18. The molecule has 0 saturated carbocycles. The SMILES string of the molecule is C=CCC(Br)(Br)CCCC. The number of unbranched alkanes of at least 4 members (excludes halogenated alkanes) is 1. The van der Waals surface area contributed by atoms with Crippen molar-refractivity contribution in [2.75, 3.05) is 0 Å². The van der Waals surface area contributed by atoms with Crippen LogP contribution in [0.3, 0.4) is 0 Å². The average molecular weight is 270 g/mol. The van der Waals surface area contributed by atoms with Gasteiger partial charge in [-0.15, -0.1) is 6.58 Å². The molecule has 0 unspecified atom stereocenters. The highest BCUT2D eigenvalue weighted by Crippen LogP contribution is 2.35. The summed E-state index contributed by atoms with van der Waals surface area (Å²) in [6.07, 6.45) is 6.57. The summed E-state index contributed by atoms with van der Waals surface area (Å²) in [7, 11) is 0. The summed E-state index contributed by atoms with van der Waals surface area (Å²) in [5.41, 5.74) is 0. The maximum atomic E-state index is 3.69. The molecule has 0 aliphatic carbocycles. The van der Waals surface area contributed by atoms with E-state index in [1.54, 1.807) is 0 Å². The molecule has 0 spiro atoms. The smallest absolute Gasteiger partial charge is 0.0839 e. The molecule has 0 fully saturated rings. The van der Waals surface area contributed by atoms with Crippen LogP contribution in [0.2, 0.25) is 0 Å². The minimum atomic E-state index is 0.109. The van der Waals surface area contributed by atoms with Crippen molar-refractivity contribution in [1.29, 1.82) is 0 Å². The van der Waals surface area contributed by atoms with Crippen LogP contribution in [0.4, 0.5) is 0 Å². The van der Waals surface area contributed by atoms with E-state index in [9.17, 15) is 0 Å². The first-order chi connectivity index (χ1) is 4.62. The van der Waals surface area contributed by atoms with Crippen LogP contribution >= 0.6 is 31.9 Å². The second-order valence-electron chi connectivity index (χ2n) is 2.45. The molecule has 0 aromatic heterocycles. The maximum Gasteiger partial charge on any atom is 0.0839 e. The largest absolute Gasteiger partial charge is 0.103 e. The fourth-order valence-corrected chi connectivity index (χ4v) is 1.77. The summed E-state index contributed by atoms with van der Waals surface area (Å²) in [6, 6.07) is 0. The summed E-state index contributed by atoms with van der Waals surface area (Å²) in [6.45, 7) is 5.89. The lowest BCUT2D eigenvalue weighted by Gasteiger charge is -2.17. The van der Waals surface area contributed by atoms with E-state index in [1.807, 2.05) is 6.08 Å². The van der Waals surface area contributed by atoms with Gasteiger partial charge in [0.2, 0.25) is 0 Å². The van der Waals surface area contributed by atoms with E-state index < -0.39 is 0 Å². The van der Waals surface area contributed by atoms with E-state index in [4.69, 9.17) is 0 Å². The van der Waals surface area contributed by atoms with Crippen LogP contribution in [0, 0.1) is 0 Å². The topological polar surface area (TPSA) is 0 Å². The number of rotatable bonds is 5. The van der Waals surface area contributed by atoms with Crippen molar-refractivity contribution in [2.24, 2.45) is 0 Å². The van der Waals surface area contributed by atoms with Crippen molar-refractivity contribution in [3.05, 3.63) is 12.7 Å². The molecular formula is C8H14Br2. The Balaban J connectivity index is 3.51. The fourth-order valence-electron chi connectivity index (χ4n) is 0.749. The van der Waals surface area contributed by atoms with Crippen LogP contribution in [-0.2, 0) is 0 Å². The zero-order chi connectivity index (χ0) is 8.04. The number of alkyl halides is 2. The number of allylic oxidation sites excluding steroid dienone is 1. The summed E-state index contributed by atoms with van der Waals surface area (Å²) in [5, 5.41) is 0. The fraction of sp³-hybridized carbons (Fsp3) is 0.750. The molecule has 0 heterocycles. The van der Waals surface area contributed by atoms with Crippen molar-refractivity contribution in [2.45, 2.75) is 35.8 Å². The summed E-state index contributed by atoms with van der Waals surface area (Å²) < 4.78 is 0.109. The molecule has 2 heteroatoms. The second-order valence-corrected chi connectivity index (χ2v) is 6.55. The zero-order valence-corrected chi connectivity index (χ0v) is 9.54. The second kappa shape index (κ2) is 5.36. The van der Waals surface area contributed by atoms with Gasteiger partial charge in [-0.05, 0) is 12.8 Å². The van der Waals surface area contributed by atoms with Gasteiger partial charge in [0, 0.05) is 0 Å². The van der Waals surface area contributed by atoms with Crippen LogP contribution in [0.5, 0.6) is 0 Å². The molecule has 0 rings (SSSR count). The molecule has 0 radical (unpaired) electrons. The van der Waals surface area contributed by atoms with E-state index in [-0.39, 0.29) is 3.23 Å². The molecule has 0 bridgehead atoms. The lowest BCUT2D eigenvalue weighted by Crippen LogP contribution is -2.08. The Hall–Kier alpha value is 0.700. The quantitative estimate of drug-likeness (QED) is 0.517. The molecule has 0 aliphatic heterocycles. The normalized spacial score (nSPS) is 11.5. The van der Waals surface area contributed by atoms with Gasteiger partial charge < -0.3 is 0 Å². The Morgan fingerprint density at radius 3 is 2.50 bits per heavy atom. The van der Waals surface area contributed by atoms with Gasteiger partial charge in [-0.3, -0.25) is 0 Å². The van der Waals surface area contributed by atoms with Crippen LogP contribution in [-0.4, -0.2) is 3.23 Å². The monoisotopic (exact) mass is 268 g/mol. The Morgan fingerprint density at radius 2 is 2.10 bits per heavy atom. The van der Waals surface area contributed by atoms with E-state index in [0.29, 0.717) is 0 Å². The van der Waals surface area contributed by atoms with Crippen molar-refractivity contribution < 1.29 is 0 Å². The van der Waals surface area contributed by atoms with E-state index in [0.717, 1.165) is 12.8 Å². The Labute approximate surface area is 80.3 Å². The van der Waals surface area contributed by atoms with Crippen molar-refractivity contribution in [1.82, 2.24) is 0 Å². The number of hydrogen-bond donors (Lipinski definition) is 0. The van der Waals surface area contributed by atoms with Gasteiger partial charge in [0.15, 0.2) is 0 Å². The molecule has 10 heavy (non-hydrogen) atoms. The van der Waals surface area contributed by atoms with Crippen LogP contribution in [0.25, 0.3) is 0 Å². The molecular weight excluding hydrogens is 256 g/mol. The summed E-state index contributed by atoms with van der Waals surface area (Å²) in [5.74, 6) is 0. The highest BCUT2D eigenvalue weighted by molar-refractivity contribution is 9.25. The minimum Gasteiger partial charge on any atom is -0.103 e.